The molecule has 6 unspecified atom stereocenters. The molecular weight excluding hydrogens is 426 g/mol. The molecule has 0 aromatic carbocycles. The van der Waals surface area contributed by atoms with Crippen molar-refractivity contribution in [3.05, 3.63) is 48.6 Å². The number of primary amides is 1. The van der Waals surface area contributed by atoms with Crippen LogP contribution in [-0.4, -0.2) is 5.91 Å². The van der Waals surface area contributed by atoms with Crippen molar-refractivity contribution < 1.29 is 4.79 Å². The first-order chi connectivity index (χ1) is 16.3. The molecule has 0 bridgehead atoms. The molecule has 0 saturated heterocycles. The van der Waals surface area contributed by atoms with E-state index in [1.807, 2.05) is 19.9 Å². The molecule has 0 heterocycles. The average molecular weight is 486 g/mol. The first-order valence-electron chi connectivity index (χ1n) is 14.2. The van der Waals surface area contributed by atoms with Gasteiger partial charge in [-0.2, -0.15) is 0 Å². The van der Waals surface area contributed by atoms with Crippen LogP contribution in [-0.2, 0) is 4.79 Å². The van der Waals surface area contributed by atoms with E-state index in [2.05, 4.69) is 85.4 Å². The minimum absolute atomic E-state index is 0.192. The third-order valence-electron chi connectivity index (χ3n) is 7.20. The van der Waals surface area contributed by atoms with Gasteiger partial charge in [0.2, 0.25) is 5.91 Å². The molecule has 2 N–H and O–H groups in total. The molecule has 0 aromatic heterocycles. The minimum Gasteiger partial charge on any atom is -0.369 e. The Morgan fingerprint density at radius 2 is 1.51 bits per heavy atom. The maximum absolute atomic E-state index is 11.5. The van der Waals surface area contributed by atoms with Gasteiger partial charge in [-0.15, -0.1) is 0 Å². The van der Waals surface area contributed by atoms with Crippen molar-refractivity contribution in [2.45, 2.75) is 114 Å². The number of carbonyl (C=O) groups is 1. The Balaban J connectivity index is 4.31. The van der Waals surface area contributed by atoms with Crippen molar-refractivity contribution in [2.75, 3.05) is 0 Å². The van der Waals surface area contributed by atoms with Crippen LogP contribution >= 0.6 is 0 Å². The average Bonchev–Trinajstić information content (AvgIpc) is 2.70. The van der Waals surface area contributed by atoms with Gasteiger partial charge in [-0.1, -0.05) is 110 Å². The first-order valence-corrected chi connectivity index (χ1v) is 14.2. The summed E-state index contributed by atoms with van der Waals surface area (Å²) >= 11 is 0. The summed E-state index contributed by atoms with van der Waals surface area (Å²) in [6, 6.07) is 0. The monoisotopic (exact) mass is 485 g/mol. The Morgan fingerprint density at radius 3 is 2.11 bits per heavy atom. The molecule has 0 fully saturated rings. The van der Waals surface area contributed by atoms with Gasteiger partial charge in [0.15, 0.2) is 0 Å². The lowest BCUT2D eigenvalue weighted by molar-refractivity contribution is -0.126. The Kier molecular flexibility index (Phi) is 17.0. The first kappa shape index (κ1) is 33.4. The highest BCUT2D eigenvalue weighted by Gasteiger charge is 2.26. The minimum atomic E-state index is -0.400. The fourth-order valence-electron chi connectivity index (χ4n) is 5.67. The molecule has 1 amide bonds. The third kappa shape index (κ3) is 17.5. The lowest BCUT2D eigenvalue weighted by Gasteiger charge is -2.24. The molecule has 2 nitrogen and oxygen atoms in total. The number of unbranched alkanes of at least 4 members (excludes halogenated alkanes) is 1. The third-order valence-corrected chi connectivity index (χ3v) is 7.20. The van der Waals surface area contributed by atoms with E-state index in [9.17, 15) is 4.79 Å². The number of rotatable bonds is 19. The van der Waals surface area contributed by atoms with E-state index in [1.54, 1.807) is 5.57 Å². The molecule has 35 heavy (non-hydrogen) atoms. The Labute approximate surface area is 219 Å². The van der Waals surface area contributed by atoms with Crippen LogP contribution in [0.25, 0.3) is 0 Å². The van der Waals surface area contributed by atoms with Crippen LogP contribution in [0.1, 0.15) is 114 Å². The predicted octanol–water partition coefficient (Wildman–Crippen LogP) is 9.68. The van der Waals surface area contributed by atoms with Gasteiger partial charge in [0.05, 0.1) is 0 Å². The van der Waals surface area contributed by atoms with Gasteiger partial charge in [-0.05, 0) is 87.4 Å². The Morgan fingerprint density at radius 1 is 0.886 bits per heavy atom. The maximum atomic E-state index is 11.5. The zero-order valence-corrected chi connectivity index (χ0v) is 24.8. The van der Waals surface area contributed by atoms with Gasteiger partial charge < -0.3 is 5.73 Å². The summed E-state index contributed by atoms with van der Waals surface area (Å²) in [4.78, 5) is 11.5. The molecule has 202 valence electrons. The summed E-state index contributed by atoms with van der Waals surface area (Å²) in [5.74, 6) is 3.66. The summed E-state index contributed by atoms with van der Waals surface area (Å²) in [6.07, 6.45) is 22.7. The summed E-state index contributed by atoms with van der Waals surface area (Å²) in [5, 5.41) is 0. The summed E-state index contributed by atoms with van der Waals surface area (Å²) in [5.41, 5.74) is 6.65. The molecule has 0 aliphatic carbocycles. The van der Waals surface area contributed by atoms with Crippen molar-refractivity contribution >= 4 is 5.91 Å². The molecule has 2 heteroatoms. The van der Waals surface area contributed by atoms with Crippen LogP contribution in [0.2, 0.25) is 0 Å². The standard InChI is InChI=1S/C33H59NO/c1-11-12-16-25(2)19-28(5)21-30(7)23-31(8)22-29(6)20-26(3)17-14-13-15-18-27(4)24-33(9,10)32(34)35/h11-12,14,16-17,22,25-30H,1,13,15,18-21,23-24H2,2-10H3,(H2,34,35)/b16-12+,17-14+,31-22+. The number of hydrogen-bond donors (Lipinski definition) is 1. The Bertz CT molecular complexity index is 683. The quantitative estimate of drug-likeness (QED) is 0.110. The lowest BCUT2D eigenvalue weighted by Crippen LogP contribution is -2.33. The van der Waals surface area contributed by atoms with Crippen molar-refractivity contribution in [2.24, 2.45) is 46.7 Å². The highest BCUT2D eigenvalue weighted by atomic mass is 16.1. The van der Waals surface area contributed by atoms with Crippen molar-refractivity contribution in [1.82, 2.24) is 0 Å². The van der Waals surface area contributed by atoms with E-state index in [1.165, 1.54) is 32.1 Å². The summed E-state index contributed by atoms with van der Waals surface area (Å²) in [6.45, 7) is 24.0. The zero-order valence-electron chi connectivity index (χ0n) is 24.8. The van der Waals surface area contributed by atoms with Crippen LogP contribution in [0, 0.1) is 40.9 Å². The van der Waals surface area contributed by atoms with Gasteiger partial charge in [0.1, 0.15) is 0 Å². The number of allylic oxidation sites excluding steroid dienone is 7. The fourth-order valence-corrected chi connectivity index (χ4v) is 5.67. The molecule has 0 radical (unpaired) electrons. The van der Waals surface area contributed by atoms with Crippen LogP contribution in [0.15, 0.2) is 48.6 Å². The SMILES string of the molecule is C=C/C=C/C(C)CC(C)CC(C)C/C(C)=C/C(C)CC(C)/C=C/CCCC(C)CC(C)(C)C(N)=O. The second-order valence-electron chi connectivity index (χ2n) is 12.6. The molecule has 0 saturated carbocycles. The number of nitrogens with two attached hydrogens (primary N) is 1. The maximum Gasteiger partial charge on any atom is 0.223 e. The highest BCUT2D eigenvalue weighted by molar-refractivity contribution is 5.79. The summed E-state index contributed by atoms with van der Waals surface area (Å²) < 4.78 is 0. The second-order valence-corrected chi connectivity index (χ2v) is 12.6. The normalized spacial score (nSPS) is 18.4. The van der Waals surface area contributed by atoms with Crippen molar-refractivity contribution in [1.29, 1.82) is 0 Å². The van der Waals surface area contributed by atoms with E-state index in [0.717, 1.165) is 31.1 Å². The van der Waals surface area contributed by atoms with Gasteiger partial charge in [0, 0.05) is 5.41 Å². The van der Waals surface area contributed by atoms with Gasteiger partial charge in [-0.3, -0.25) is 4.79 Å². The highest BCUT2D eigenvalue weighted by Crippen LogP contribution is 2.28. The van der Waals surface area contributed by atoms with Crippen LogP contribution in [0.3, 0.4) is 0 Å². The van der Waals surface area contributed by atoms with Gasteiger partial charge >= 0.3 is 0 Å². The zero-order chi connectivity index (χ0) is 27.0. The van der Waals surface area contributed by atoms with Crippen LogP contribution < -0.4 is 5.73 Å². The van der Waals surface area contributed by atoms with E-state index < -0.39 is 5.41 Å². The van der Waals surface area contributed by atoms with Crippen molar-refractivity contribution in [3.63, 3.8) is 0 Å². The summed E-state index contributed by atoms with van der Waals surface area (Å²) in [7, 11) is 0. The molecule has 0 aliphatic heterocycles. The number of carbonyl (C=O) groups excluding carboxylic acids is 1. The molecule has 0 rings (SSSR count). The van der Waals surface area contributed by atoms with E-state index >= 15 is 0 Å². The molecule has 0 spiro atoms. The van der Waals surface area contributed by atoms with Crippen molar-refractivity contribution in [3.8, 4) is 0 Å². The van der Waals surface area contributed by atoms with Gasteiger partial charge in [0.25, 0.3) is 0 Å². The topological polar surface area (TPSA) is 43.1 Å². The lowest BCUT2D eigenvalue weighted by atomic mass is 9.81. The Hall–Kier alpha value is -1.57. The molecule has 0 aliphatic rings. The largest absolute Gasteiger partial charge is 0.369 e. The van der Waals surface area contributed by atoms with Crippen LogP contribution in [0.5, 0.6) is 0 Å². The fraction of sp³-hybridized carbons (Fsp3) is 0.727. The smallest absolute Gasteiger partial charge is 0.223 e. The number of hydrogen-bond acceptors (Lipinski definition) is 1. The van der Waals surface area contributed by atoms with E-state index in [0.29, 0.717) is 23.7 Å². The number of amides is 1. The second kappa shape index (κ2) is 17.8. The van der Waals surface area contributed by atoms with E-state index in [-0.39, 0.29) is 5.91 Å². The molecule has 6 atom stereocenters. The molecule has 0 aromatic rings. The van der Waals surface area contributed by atoms with Gasteiger partial charge in [-0.25, -0.2) is 0 Å². The van der Waals surface area contributed by atoms with Crippen LogP contribution in [0.4, 0.5) is 0 Å². The molecular formula is C33H59NO. The predicted molar refractivity (Wildman–Crippen MR) is 157 cm³/mol. The van der Waals surface area contributed by atoms with E-state index in [4.69, 9.17) is 5.73 Å².